The molecule has 1 aromatic carbocycles. The molecular formula is C21H33N3O. The number of carbonyl (C=O) groups excluding carboxylic acids is 1. The van der Waals surface area contributed by atoms with E-state index in [0.717, 1.165) is 32.6 Å². The lowest BCUT2D eigenvalue weighted by molar-refractivity contribution is -0.133. The number of nitrogens with zero attached hydrogens (tertiary/aromatic N) is 3. The molecule has 0 radical (unpaired) electrons. The molecule has 2 heterocycles. The van der Waals surface area contributed by atoms with Crippen LogP contribution in [0.5, 0.6) is 0 Å². The molecule has 0 aromatic heterocycles. The van der Waals surface area contributed by atoms with E-state index in [1.807, 2.05) is 6.07 Å². The van der Waals surface area contributed by atoms with Crippen molar-refractivity contribution in [3.63, 3.8) is 0 Å². The molecule has 25 heavy (non-hydrogen) atoms. The van der Waals surface area contributed by atoms with Crippen molar-refractivity contribution in [2.24, 2.45) is 0 Å². The Balaban J connectivity index is 1.66. The van der Waals surface area contributed by atoms with Gasteiger partial charge in [-0.25, -0.2) is 0 Å². The largest absolute Gasteiger partial charge is 0.334 e. The summed E-state index contributed by atoms with van der Waals surface area (Å²) in [4.78, 5) is 20.1. The second-order valence-electron chi connectivity index (χ2n) is 7.48. The summed E-state index contributed by atoms with van der Waals surface area (Å²) in [5.41, 5.74) is 1.24. The van der Waals surface area contributed by atoms with E-state index < -0.39 is 0 Å². The Morgan fingerprint density at radius 1 is 1.04 bits per heavy atom. The lowest BCUT2D eigenvalue weighted by Gasteiger charge is -2.39. The van der Waals surface area contributed by atoms with Gasteiger partial charge < -0.3 is 9.80 Å². The van der Waals surface area contributed by atoms with Gasteiger partial charge in [0.05, 0.1) is 0 Å². The van der Waals surface area contributed by atoms with Gasteiger partial charge in [-0.15, -0.1) is 0 Å². The molecule has 0 aliphatic carbocycles. The summed E-state index contributed by atoms with van der Waals surface area (Å²) in [6.45, 7) is 10.8. The van der Waals surface area contributed by atoms with E-state index in [-0.39, 0.29) is 0 Å². The maximum absolute atomic E-state index is 12.8. The highest BCUT2D eigenvalue weighted by atomic mass is 16.2. The Labute approximate surface area is 152 Å². The molecular weight excluding hydrogens is 310 g/mol. The molecule has 2 aliphatic heterocycles. The summed E-state index contributed by atoms with van der Waals surface area (Å²) in [7, 11) is 0. The molecule has 1 aromatic rings. The van der Waals surface area contributed by atoms with Crippen molar-refractivity contribution in [3.8, 4) is 0 Å². The average Bonchev–Trinajstić information content (AvgIpc) is 2.82. The summed E-state index contributed by atoms with van der Waals surface area (Å²) < 4.78 is 0. The van der Waals surface area contributed by atoms with E-state index in [1.54, 1.807) is 0 Å². The first-order valence-electron chi connectivity index (χ1n) is 10.0. The Morgan fingerprint density at radius 3 is 2.40 bits per heavy atom. The highest BCUT2D eigenvalue weighted by Gasteiger charge is 2.32. The zero-order chi connectivity index (χ0) is 17.6. The van der Waals surface area contributed by atoms with Crippen LogP contribution in [0, 0.1) is 0 Å². The molecule has 4 nitrogen and oxygen atoms in total. The predicted molar refractivity (Wildman–Crippen MR) is 102 cm³/mol. The number of rotatable bonds is 5. The lowest BCUT2D eigenvalue weighted by atomic mass is 10.0. The molecule has 0 unspecified atom stereocenters. The third-order valence-corrected chi connectivity index (χ3v) is 6.01. The quantitative estimate of drug-likeness (QED) is 0.822. The molecule has 3 rings (SSSR count). The molecule has 138 valence electrons. The third kappa shape index (κ3) is 4.62. The van der Waals surface area contributed by atoms with E-state index in [9.17, 15) is 4.79 Å². The molecule has 0 bridgehead atoms. The molecule has 4 heteroatoms. The Hall–Kier alpha value is -1.39. The molecule has 0 saturated carbocycles. The molecule has 2 aliphatic rings. The second-order valence-corrected chi connectivity index (χ2v) is 7.48. The molecule has 0 N–H and O–H groups in total. The van der Waals surface area contributed by atoms with Crippen LogP contribution in [0.4, 0.5) is 0 Å². The first kappa shape index (κ1) is 18.4. The average molecular weight is 344 g/mol. The van der Waals surface area contributed by atoms with E-state index in [2.05, 4.69) is 52.8 Å². The monoisotopic (exact) mass is 343 g/mol. The Morgan fingerprint density at radius 2 is 1.76 bits per heavy atom. The van der Waals surface area contributed by atoms with Crippen molar-refractivity contribution < 1.29 is 4.79 Å². The number of hydrogen-bond acceptors (Lipinski definition) is 3. The van der Waals surface area contributed by atoms with Crippen molar-refractivity contribution in [3.05, 3.63) is 35.9 Å². The number of likely N-dealkylation sites (tertiary alicyclic amines) is 1. The third-order valence-electron chi connectivity index (χ3n) is 6.01. The van der Waals surface area contributed by atoms with Gasteiger partial charge in [-0.1, -0.05) is 44.2 Å². The Kier molecular flexibility index (Phi) is 6.49. The summed E-state index contributed by atoms with van der Waals surface area (Å²) in [5.74, 6) is 0.323. The number of hydrogen-bond donors (Lipinski definition) is 0. The van der Waals surface area contributed by atoms with Crippen LogP contribution in [0.15, 0.2) is 30.3 Å². The summed E-state index contributed by atoms with van der Waals surface area (Å²) in [6.07, 6.45) is 4.19. The van der Waals surface area contributed by atoms with Crippen molar-refractivity contribution in [1.82, 2.24) is 14.7 Å². The van der Waals surface area contributed by atoms with Crippen molar-refractivity contribution in [1.29, 1.82) is 0 Å². The van der Waals surface area contributed by atoms with E-state index in [1.165, 1.54) is 31.5 Å². The van der Waals surface area contributed by atoms with Crippen LogP contribution in [0.25, 0.3) is 0 Å². The highest BCUT2D eigenvalue weighted by Crippen LogP contribution is 2.23. The minimum atomic E-state index is 0.323. The first-order chi connectivity index (χ1) is 12.2. The number of benzene rings is 1. The molecule has 2 fully saturated rings. The minimum Gasteiger partial charge on any atom is -0.334 e. The fourth-order valence-electron chi connectivity index (χ4n) is 4.33. The van der Waals surface area contributed by atoms with E-state index in [0.29, 0.717) is 24.4 Å². The highest BCUT2D eigenvalue weighted by molar-refractivity contribution is 5.77. The first-order valence-corrected chi connectivity index (χ1v) is 10.0. The zero-order valence-electron chi connectivity index (χ0n) is 15.9. The molecule has 0 spiro atoms. The fraction of sp³-hybridized carbons (Fsp3) is 0.667. The van der Waals surface area contributed by atoms with Crippen LogP contribution < -0.4 is 0 Å². The minimum absolute atomic E-state index is 0.323. The molecule has 2 saturated heterocycles. The van der Waals surface area contributed by atoms with Crippen molar-refractivity contribution >= 4 is 5.91 Å². The summed E-state index contributed by atoms with van der Waals surface area (Å²) >= 11 is 0. The van der Waals surface area contributed by atoms with Gasteiger partial charge in [-0.3, -0.25) is 9.69 Å². The fourth-order valence-corrected chi connectivity index (χ4v) is 4.33. The van der Waals surface area contributed by atoms with Crippen LogP contribution in [0.2, 0.25) is 0 Å². The van der Waals surface area contributed by atoms with Crippen LogP contribution in [0.3, 0.4) is 0 Å². The lowest BCUT2D eigenvalue weighted by Crippen LogP contribution is -2.48. The molecule has 1 amide bonds. The van der Waals surface area contributed by atoms with Crippen LogP contribution in [-0.2, 0) is 11.3 Å². The normalized spacial score (nSPS) is 24.5. The smallest absolute Gasteiger partial charge is 0.224 e. The maximum atomic E-state index is 12.8. The predicted octanol–water partition coefficient (Wildman–Crippen LogP) is 2.98. The van der Waals surface area contributed by atoms with Crippen molar-refractivity contribution in [2.75, 3.05) is 32.7 Å². The van der Waals surface area contributed by atoms with Gasteiger partial charge in [-0.05, 0) is 44.5 Å². The van der Waals surface area contributed by atoms with E-state index in [4.69, 9.17) is 0 Å². The molecule has 1 atom stereocenters. The topological polar surface area (TPSA) is 26.8 Å². The van der Waals surface area contributed by atoms with Gasteiger partial charge in [0.15, 0.2) is 0 Å². The van der Waals surface area contributed by atoms with Gasteiger partial charge in [-0.2, -0.15) is 0 Å². The van der Waals surface area contributed by atoms with Gasteiger partial charge in [0.25, 0.3) is 0 Å². The van der Waals surface area contributed by atoms with Crippen LogP contribution in [-0.4, -0.2) is 65.4 Å². The SMILES string of the molecule is CC[C@@H]1CN(C2CCN(CC)CC2)CCC(=O)N1Cc1ccccc1. The van der Waals surface area contributed by atoms with Gasteiger partial charge >= 0.3 is 0 Å². The second kappa shape index (κ2) is 8.81. The van der Waals surface area contributed by atoms with Gasteiger partial charge in [0.1, 0.15) is 0 Å². The number of piperidine rings is 1. The Bertz CT molecular complexity index is 539. The maximum Gasteiger partial charge on any atom is 0.224 e. The van der Waals surface area contributed by atoms with Crippen LogP contribution >= 0.6 is 0 Å². The van der Waals surface area contributed by atoms with E-state index >= 15 is 0 Å². The van der Waals surface area contributed by atoms with Crippen LogP contribution in [0.1, 0.15) is 45.1 Å². The standard InChI is InChI=1S/C21H33N3O/c1-3-19-17-23(20-10-13-22(4-2)14-11-20)15-12-21(25)24(19)16-18-8-6-5-7-9-18/h5-9,19-20H,3-4,10-17H2,1-2H3/t19-/m1/s1. The number of carbonyl (C=O) groups is 1. The summed E-state index contributed by atoms with van der Waals surface area (Å²) in [6, 6.07) is 11.4. The number of amides is 1. The van der Waals surface area contributed by atoms with Gasteiger partial charge in [0.2, 0.25) is 5.91 Å². The van der Waals surface area contributed by atoms with Gasteiger partial charge in [0, 0.05) is 38.1 Å². The summed E-state index contributed by atoms with van der Waals surface area (Å²) in [5, 5.41) is 0. The van der Waals surface area contributed by atoms with Crippen molar-refractivity contribution in [2.45, 2.75) is 58.2 Å². The zero-order valence-corrected chi connectivity index (χ0v) is 15.9.